The maximum Gasteiger partial charge on any atom is 0.345 e. The fraction of sp³-hybridized carbons (Fsp3) is 0.368. The van der Waals surface area contributed by atoms with Crippen LogP contribution in [0.1, 0.15) is 59.1 Å². The largest absolute Gasteiger partial charge is 0.477 e. The number of aromatic carboxylic acids is 1. The van der Waals surface area contributed by atoms with Crippen molar-refractivity contribution in [3.8, 4) is 10.6 Å². The summed E-state index contributed by atoms with van der Waals surface area (Å²) in [6.07, 6.45) is 8.45. The molecule has 1 fully saturated rings. The molecule has 0 atom stereocenters. The second-order valence-electron chi connectivity index (χ2n) is 7.07. The first kappa shape index (κ1) is 16.9. The quantitative estimate of drug-likeness (QED) is 0.658. The molecule has 26 heavy (non-hydrogen) atoms. The van der Waals surface area contributed by atoms with E-state index in [1.807, 2.05) is 6.92 Å². The van der Waals surface area contributed by atoms with Crippen LogP contribution >= 0.6 is 11.3 Å². The molecule has 0 saturated heterocycles. The van der Waals surface area contributed by atoms with E-state index in [2.05, 4.69) is 15.0 Å². The Morgan fingerprint density at radius 2 is 2.00 bits per heavy atom. The molecular formula is C19H19N3O3S. The van der Waals surface area contributed by atoms with E-state index < -0.39 is 5.97 Å². The van der Waals surface area contributed by atoms with Gasteiger partial charge in [-0.2, -0.15) is 0 Å². The highest BCUT2D eigenvalue weighted by molar-refractivity contribution is 7.17. The third-order valence-electron chi connectivity index (χ3n) is 5.20. The van der Waals surface area contributed by atoms with E-state index in [-0.39, 0.29) is 16.1 Å². The number of aromatic amines is 1. The van der Waals surface area contributed by atoms with Gasteiger partial charge in [0.2, 0.25) is 0 Å². The Labute approximate surface area is 154 Å². The molecule has 0 radical (unpaired) electrons. The van der Waals surface area contributed by atoms with Crippen LogP contribution in [0.25, 0.3) is 21.7 Å². The lowest BCUT2D eigenvalue weighted by atomic mass is 9.71. The number of fused-ring (bicyclic) bond motifs is 1. The summed E-state index contributed by atoms with van der Waals surface area (Å²) in [6, 6.07) is 3.28. The van der Waals surface area contributed by atoms with Gasteiger partial charge >= 0.3 is 5.97 Å². The lowest BCUT2D eigenvalue weighted by Gasteiger charge is -2.31. The number of nitrogens with one attached hydrogen (secondary N) is 1. The molecule has 0 unspecified atom stereocenters. The highest BCUT2D eigenvalue weighted by Crippen LogP contribution is 2.39. The van der Waals surface area contributed by atoms with Crippen molar-refractivity contribution in [1.29, 1.82) is 0 Å². The predicted octanol–water partition coefficient (Wildman–Crippen LogP) is 4.54. The van der Waals surface area contributed by atoms with Crippen LogP contribution in [-0.2, 0) is 0 Å². The van der Waals surface area contributed by atoms with Gasteiger partial charge in [-0.15, -0.1) is 11.3 Å². The van der Waals surface area contributed by atoms with Crippen molar-refractivity contribution in [2.75, 3.05) is 0 Å². The molecule has 1 aliphatic carbocycles. The molecule has 0 aliphatic heterocycles. The van der Waals surface area contributed by atoms with Gasteiger partial charge in [-0.1, -0.05) is 26.2 Å². The fourth-order valence-corrected chi connectivity index (χ4v) is 4.46. The van der Waals surface area contributed by atoms with E-state index in [1.165, 1.54) is 6.42 Å². The minimum atomic E-state index is -0.960. The number of carboxylic acid groups (broad SMARTS) is 1. The number of H-pyrrole nitrogens is 1. The molecule has 4 rings (SSSR count). The van der Waals surface area contributed by atoms with Crippen LogP contribution in [0.15, 0.2) is 24.5 Å². The molecule has 3 aromatic heterocycles. The summed E-state index contributed by atoms with van der Waals surface area (Å²) in [4.78, 5) is 37.3. The van der Waals surface area contributed by atoms with Crippen molar-refractivity contribution in [2.24, 2.45) is 5.41 Å². The van der Waals surface area contributed by atoms with Gasteiger partial charge in [0.1, 0.15) is 10.4 Å². The predicted molar refractivity (Wildman–Crippen MR) is 99.7 cm³/mol. The molecule has 6 nitrogen and oxygen atoms in total. The lowest BCUT2D eigenvalue weighted by molar-refractivity contribution is 0.0701. The Bertz CT molecular complexity index is 999. The van der Waals surface area contributed by atoms with E-state index in [0.717, 1.165) is 41.9 Å². The van der Waals surface area contributed by atoms with Crippen molar-refractivity contribution >= 4 is 34.3 Å². The maximum absolute atomic E-state index is 13.2. The first-order valence-electron chi connectivity index (χ1n) is 8.70. The summed E-state index contributed by atoms with van der Waals surface area (Å²) < 4.78 is 0. The van der Waals surface area contributed by atoms with Crippen molar-refractivity contribution in [2.45, 2.75) is 39.0 Å². The highest BCUT2D eigenvalue weighted by Gasteiger charge is 2.36. The monoisotopic (exact) mass is 369 g/mol. The summed E-state index contributed by atoms with van der Waals surface area (Å²) >= 11 is 1.15. The molecule has 2 N–H and O–H groups in total. The van der Waals surface area contributed by atoms with Gasteiger partial charge in [-0.25, -0.2) is 14.8 Å². The van der Waals surface area contributed by atoms with Crippen LogP contribution < -0.4 is 0 Å². The van der Waals surface area contributed by atoms with Gasteiger partial charge in [0.25, 0.3) is 0 Å². The Kier molecular flexibility index (Phi) is 4.11. The number of hydrogen-bond donors (Lipinski definition) is 2. The molecule has 1 aliphatic rings. The van der Waals surface area contributed by atoms with Crippen LogP contribution in [-0.4, -0.2) is 31.8 Å². The van der Waals surface area contributed by atoms with Gasteiger partial charge in [0.05, 0.1) is 22.3 Å². The number of Topliss-reactive ketones (excluding diaryl/α,β-unsaturated/α-hetero) is 1. The number of aromatic nitrogens is 3. The maximum atomic E-state index is 13.2. The van der Waals surface area contributed by atoms with E-state index in [4.69, 9.17) is 5.11 Å². The number of hydrogen-bond acceptors (Lipinski definition) is 5. The molecular weight excluding hydrogens is 350 g/mol. The van der Waals surface area contributed by atoms with Gasteiger partial charge in [-0.3, -0.25) is 4.79 Å². The SMILES string of the molecule is CC1(C(=O)c2c[nH]c3ncc(-c4ccc(C(=O)O)s4)nc23)CCCCC1. The van der Waals surface area contributed by atoms with Crippen LogP contribution in [0.3, 0.4) is 0 Å². The van der Waals surface area contributed by atoms with Gasteiger partial charge in [0, 0.05) is 11.6 Å². The standard InChI is InChI=1S/C19H19N3O3S/c1-19(7-3-2-4-8-19)16(23)11-9-20-17-15(11)22-12(10-21-17)13-5-6-14(26-13)18(24)25/h5-6,9-10H,2-4,7-8H2,1H3,(H,20,21)(H,24,25). The van der Waals surface area contributed by atoms with Gasteiger partial charge in [0.15, 0.2) is 11.4 Å². The Morgan fingerprint density at radius 3 is 2.69 bits per heavy atom. The molecule has 3 aromatic rings. The molecule has 0 amide bonds. The average molecular weight is 369 g/mol. The smallest absolute Gasteiger partial charge is 0.345 e. The normalized spacial score (nSPS) is 16.7. The van der Waals surface area contributed by atoms with E-state index in [0.29, 0.717) is 22.4 Å². The first-order chi connectivity index (χ1) is 12.5. The molecule has 0 bridgehead atoms. The second kappa shape index (κ2) is 6.32. The number of ketones is 1. The van der Waals surface area contributed by atoms with E-state index in [1.54, 1.807) is 24.5 Å². The second-order valence-corrected chi connectivity index (χ2v) is 8.16. The lowest BCUT2D eigenvalue weighted by Crippen LogP contribution is -2.30. The molecule has 3 heterocycles. The summed E-state index contributed by atoms with van der Waals surface area (Å²) in [5.74, 6) is -0.842. The van der Waals surface area contributed by atoms with E-state index in [9.17, 15) is 9.59 Å². The number of nitrogens with zero attached hydrogens (tertiary/aromatic N) is 2. The fourth-order valence-electron chi connectivity index (χ4n) is 3.66. The summed E-state index contributed by atoms with van der Waals surface area (Å²) in [5, 5.41) is 9.10. The number of carboxylic acids is 1. The summed E-state index contributed by atoms with van der Waals surface area (Å²) in [7, 11) is 0. The van der Waals surface area contributed by atoms with Crippen molar-refractivity contribution in [1.82, 2.24) is 15.0 Å². The molecule has 7 heteroatoms. The van der Waals surface area contributed by atoms with Crippen LogP contribution in [0, 0.1) is 5.41 Å². The zero-order chi connectivity index (χ0) is 18.3. The number of carbonyl (C=O) groups is 2. The Morgan fingerprint density at radius 1 is 1.23 bits per heavy atom. The van der Waals surface area contributed by atoms with Crippen molar-refractivity contribution < 1.29 is 14.7 Å². The highest BCUT2D eigenvalue weighted by atomic mass is 32.1. The number of thiophene rings is 1. The third kappa shape index (κ3) is 2.82. The molecule has 1 saturated carbocycles. The molecule has 134 valence electrons. The topological polar surface area (TPSA) is 95.9 Å². The molecule has 0 aromatic carbocycles. The number of rotatable bonds is 4. The summed E-state index contributed by atoms with van der Waals surface area (Å²) in [5.41, 5.74) is 1.95. The zero-order valence-corrected chi connectivity index (χ0v) is 15.2. The first-order valence-corrected chi connectivity index (χ1v) is 9.52. The Hall–Kier alpha value is -2.54. The average Bonchev–Trinajstić information content (AvgIpc) is 3.28. The van der Waals surface area contributed by atoms with E-state index >= 15 is 0 Å². The van der Waals surface area contributed by atoms with Crippen LogP contribution in [0.4, 0.5) is 0 Å². The minimum absolute atomic E-state index is 0.118. The van der Waals surface area contributed by atoms with Crippen LogP contribution in [0.2, 0.25) is 0 Å². The van der Waals surface area contributed by atoms with Crippen molar-refractivity contribution in [3.05, 3.63) is 35.0 Å². The Balaban J connectivity index is 1.74. The zero-order valence-electron chi connectivity index (χ0n) is 14.4. The minimum Gasteiger partial charge on any atom is -0.477 e. The van der Waals surface area contributed by atoms with Crippen LogP contribution in [0.5, 0.6) is 0 Å². The van der Waals surface area contributed by atoms with Gasteiger partial charge in [-0.05, 0) is 25.0 Å². The van der Waals surface area contributed by atoms with Gasteiger partial charge < -0.3 is 10.1 Å². The summed E-state index contributed by atoms with van der Waals surface area (Å²) in [6.45, 7) is 2.04. The molecule has 0 spiro atoms. The van der Waals surface area contributed by atoms with Crippen molar-refractivity contribution in [3.63, 3.8) is 0 Å². The number of carbonyl (C=O) groups excluding carboxylic acids is 1. The third-order valence-corrected chi connectivity index (χ3v) is 6.30.